The summed E-state index contributed by atoms with van der Waals surface area (Å²) in [7, 11) is 0. The Kier molecular flexibility index (Phi) is 11.5. The lowest BCUT2D eigenvalue weighted by atomic mass is 10.2. The number of rotatable bonds is 10. The van der Waals surface area contributed by atoms with Crippen molar-refractivity contribution < 1.29 is 9.47 Å². The van der Waals surface area contributed by atoms with E-state index in [9.17, 15) is 0 Å². The molecule has 0 aliphatic heterocycles. The van der Waals surface area contributed by atoms with Gasteiger partial charge in [-0.1, -0.05) is 25.5 Å². The molecular weight excluding hydrogens is 188 g/mol. The molecule has 0 rings (SSSR count). The fourth-order valence-corrected chi connectivity index (χ4v) is 1.36. The minimum atomic E-state index is -0.0463. The van der Waals surface area contributed by atoms with Gasteiger partial charge in [-0.2, -0.15) is 0 Å². The van der Waals surface area contributed by atoms with Crippen molar-refractivity contribution in [2.24, 2.45) is 0 Å². The highest BCUT2D eigenvalue weighted by molar-refractivity contribution is 4.79. The highest BCUT2D eigenvalue weighted by Crippen LogP contribution is 2.03. The molecule has 0 bridgehead atoms. The van der Waals surface area contributed by atoms with E-state index in [1.165, 1.54) is 19.3 Å². The summed E-state index contributed by atoms with van der Waals surface area (Å²) in [5, 5.41) is 0. The standard InChI is InChI=1S/C13H26O2/c1-4-6-7-8-9-10-11-12-15-13(3)14-5-2/h6-7,13H,4-5,8-12H2,1-3H3/b7-6-. The smallest absolute Gasteiger partial charge is 0.154 e. The van der Waals surface area contributed by atoms with Gasteiger partial charge in [-0.15, -0.1) is 0 Å². The molecule has 0 aromatic carbocycles. The maximum atomic E-state index is 5.47. The lowest BCUT2D eigenvalue weighted by Gasteiger charge is -2.12. The molecule has 2 heteroatoms. The topological polar surface area (TPSA) is 18.5 Å². The number of allylic oxidation sites excluding steroid dienone is 2. The van der Waals surface area contributed by atoms with Gasteiger partial charge in [0.15, 0.2) is 6.29 Å². The number of hydrogen-bond donors (Lipinski definition) is 0. The Morgan fingerprint density at radius 2 is 1.80 bits per heavy atom. The van der Waals surface area contributed by atoms with Gasteiger partial charge in [0.2, 0.25) is 0 Å². The predicted octanol–water partition coefficient (Wildman–Crippen LogP) is 3.91. The molecule has 0 heterocycles. The maximum absolute atomic E-state index is 5.47. The molecule has 0 saturated heterocycles. The van der Waals surface area contributed by atoms with E-state index < -0.39 is 0 Å². The first kappa shape index (κ1) is 14.7. The fourth-order valence-electron chi connectivity index (χ4n) is 1.36. The Labute approximate surface area is 94.7 Å². The molecule has 0 spiro atoms. The molecule has 1 atom stereocenters. The van der Waals surface area contributed by atoms with Crippen molar-refractivity contribution >= 4 is 0 Å². The molecule has 0 aliphatic rings. The van der Waals surface area contributed by atoms with E-state index in [1.54, 1.807) is 0 Å². The van der Waals surface area contributed by atoms with Crippen LogP contribution < -0.4 is 0 Å². The van der Waals surface area contributed by atoms with E-state index in [1.807, 2.05) is 13.8 Å². The van der Waals surface area contributed by atoms with E-state index >= 15 is 0 Å². The molecule has 90 valence electrons. The van der Waals surface area contributed by atoms with Gasteiger partial charge in [0, 0.05) is 13.2 Å². The Balaban J connectivity index is 3.07. The summed E-state index contributed by atoms with van der Waals surface area (Å²) in [6.45, 7) is 7.65. The van der Waals surface area contributed by atoms with Crippen LogP contribution in [0, 0.1) is 0 Å². The molecule has 1 unspecified atom stereocenters. The molecule has 0 aromatic heterocycles. The molecule has 0 fully saturated rings. The van der Waals surface area contributed by atoms with Gasteiger partial charge < -0.3 is 9.47 Å². The highest BCUT2D eigenvalue weighted by Gasteiger charge is 1.98. The van der Waals surface area contributed by atoms with Crippen LogP contribution in [0.4, 0.5) is 0 Å². The third-order valence-electron chi connectivity index (χ3n) is 2.17. The summed E-state index contributed by atoms with van der Waals surface area (Å²) < 4.78 is 10.7. The molecule has 0 aliphatic carbocycles. The van der Waals surface area contributed by atoms with Gasteiger partial charge in [0.25, 0.3) is 0 Å². The molecule has 0 radical (unpaired) electrons. The first-order valence-corrected chi connectivity index (χ1v) is 6.19. The fraction of sp³-hybridized carbons (Fsp3) is 0.846. The molecule has 0 amide bonds. The van der Waals surface area contributed by atoms with Crippen molar-refractivity contribution in [3.05, 3.63) is 12.2 Å². The maximum Gasteiger partial charge on any atom is 0.154 e. The van der Waals surface area contributed by atoms with Gasteiger partial charge >= 0.3 is 0 Å². The van der Waals surface area contributed by atoms with E-state index in [0.717, 1.165) is 26.1 Å². The zero-order valence-corrected chi connectivity index (χ0v) is 10.5. The predicted molar refractivity (Wildman–Crippen MR) is 64.9 cm³/mol. The molecular formula is C13H26O2. The van der Waals surface area contributed by atoms with Crippen LogP contribution in [-0.2, 0) is 9.47 Å². The summed E-state index contributed by atoms with van der Waals surface area (Å²) in [5.74, 6) is 0. The Bertz CT molecular complexity index is 143. The van der Waals surface area contributed by atoms with E-state index in [2.05, 4.69) is 19.1 Å². The second-order valence-electron chi connectivity index (χ2n) is 3.62. The SMILES string of the molecule is CC/C=C\CCCCCOC(C)OCC. The summed E-state index contributed by atoms with van der Waals surface area (Å²) in [6.07, 6.45) is 10.4. The summed E-state index contributed by atoms with van der Waals surface area (Å²) in [6, 6.07) is 0. The highest BCUT2D eigenvalue weighted by atomic mass is 16.7. The van der Waals surface area contributed by atoms with Gasteiger partial charge in [-0.3, -0.25) is 0 Å². The van der Waals surface area contributed by atoms with Crippen LogP contribution in [0.3, 0.4) is 0 Å². The van der Waals surface area contributed by atoms with E-state index in [4.69, 9.17) is 9.47 Å². The van der Waals surface area contributed by atoms with Gasteiger partial charge in [0.05, 0.1) is 0 Å². The van der Waals surface area contributed by atoms with Crippen molar-refractivity contribution in [2.75, 3.05) is 13.2 Å². The normalized spacial score (nSPS) is 13.5. The van der Waals surface area contributed by atoms with Crippen LogP contribution in [0.5, 0.6) is 0 Å². The van der Waals surface area contributed by atoms with Crippen LogP contribution in [0.15, 0.2) is 12.2 Å². The van der Waals surface area contributed by atoms with Crippen LogP contribution in [0.25, 0.3) is 0 Å². The summed E-state index contributed by atoms with van der Waals surface area (Å²) in [4.78, 5) is 0. The van der Waals surface area contributed by atoms with Crippen molar-refractivity contribution in [1.82, 2.24) is 0 Å². The van der Waals surface area contributed by atoms with Crippen molar-refractivity contribution in [1.29, 1.82) is 0 Å². The molecule has 15 heavy (non-hydrogen) atoms. The summed E-state index contributed by atoms with van der Waals surface area (Å²) >= 11 is 0. The van der Waals surface area contributed by atoms with Crippen molar-refractivity contribution in [3.8, 4) is 0 Å². The first-order chi connectivity index (χ1) is 7.31. The van der Waals surface area contributed by atoms with E-state index in [0.29, 0.717) is 0 Å². The van der Waals surface area contributed by atoms with Crippen LogP contribution in [-0.4, -0.2) is 19.5 Å². The summed E-state index contributed by atoms with van der Waals surface area (Å²) in [5.41, 5.74) is 0. The molecule has 2 nitrogen and oxygen atoms in total. The minimum absolute atomic E-state index is 0.0463. The number of unbranched alkanes of at least 4 members (excludes halogenated alkanes) is 3. The molecule has 0 N–H and O–H groups in total. The number of hydrogen-bond acceptors (Lipinski definition) is 2. The van der Waals surface area contributed by atoms with Crippen molar-refractivity contribution in [3.63, 3.8) is 0 Å². The average molecular weight is 214 g/mol. The third kappa shape index (κ3) is 11.6. The molecule has 0 aromatic rings. The van der Waals surface area contributed by atoms with Crippen LogP contribution in [0.2, 0.25) is 0 Å². The van der Waals surface area contributed by atoms with Gasteiger partial charge in [-0.25, -0.2) is 0 Å². The van der Waals surface area contributed by atoms with Crippen LogP contribution >= 0.6 is 0 Å². The second-order valence-corrected chi connectivity index (χ2v) is 3.62. The monoisotopic (exact) mass is 214 g/mol. The van der Waals surface area contributed by atoms with Gasteiger partial charge in [0.1, 0.15) is 0 Å². The van der Waals surface area contributed by atoms with E-state index in [-0.39, 0.29) is 6.29 Å². The Morgan fingerprint density at radius 1 is 1.00 bits per heavy atom. The van der Waals surface area contributed by atoms with Crippen LogP contribution in [0.1, 0.15) is 52.9 Å². The lowest BCUT2D eigenvalue weighted by molar-refractivity contribution is -0.127. The zero-order valence-electron chi connectivity index (χ0n) is 10.5. The zero-order chi connectivity index (χ0) is 11.4. The average Bonchev–Trinajstić information content (AvgIpc) is 2.22. The van der Waals surface area contributed by atoms with Crippen molar-refractivity contribution in [2.45, 2.75) is 59.2 Å². The second kappa shape index (κ2) is 11.7. The molecule has 0 saturated carbocycles. The number of ether oxygens (including phenoxy) is 2. The largest absolute Gasteiger partial charge is 0.353 e. The Morgan fingerprint density at radius 3 is 2.47 bits per heavy atom. The first-order valence-electron chi connectivity index (χ1n) is 6.19. The Hall–Kier alpha value is -0.340. The lowest BCUT2D eigenvalue weighted by Crippen LogP contribution is -2.13. The minimum Gasteiger partial charge on any atom is -0.353 e. The third-order valence-corrected chi connectivity index (χ3v) is 2.17. The quantitative estimate of drug-likeness (QED) is 0.312. The van der Waals surface area contributed by atoms with Gasteiger partial charge in [-0.05, 0) is 39.5 Å².